The molecule has 4 atom stereocenters. The minimum absolute atomic E-state index is 0.0620. The van der Waals surface area contributed by atoms with Crippen molar-refractivity contribution in [3.8, 4) is 10.4 Å². The third-order valence-electron chi connectivity index (χ3n) is 7.56. The molecule has 1 aromatic carbocycles. The largest absolute Gasteiger partial charge is 0.391 e. The van der Waals surface area contributed by atoms with Crippen molar-refractivity contribution < 1.29 is 33.4 Å². The zero-order chi connectivity index (χ0) is 31.6. The average molecular weight is 628 g/mol. The molecule has 1 saturated heterocycles. The van der Waals surface area contributed by atoms with Crippen LogP contribution in [0.4, 0.5) is 0 Å². The Balaban J connectivity index is 1.48. The van der Waals surface area contributed by atoms with Gasteiger partial charge in [-0.15, -0.1) is 11.3 Å². The van der Waals surface area contributed by atoms with E-state index in [1.165, 1.54) is 4.90 Å². The highest BCUT2D eigenvalue weighted by Gasteiger charge is 2.43. The minimum atomic E-state index is -0.847. The van der Waals surface area contributed by atoms with Crippen LogP contribution >= 0.6 is 11.3 Å². The standard InChI is InChI=1S/C32H43N4O7S/c1-6-40-11-12-41-13-14-42-18-26(23-7-9-24(10-8-23)30-22(5)33-19-44-30)34-31(38)27-16-25(37)17-36(27)32(39)29(20(2)3)28-15-21(4)35-43-28/h7-10,15,19-20,25-27,29,37H,1,6,11-14,16-18H2,2-5H3,(H,34,38)/t25-,26+,27+,29-/m1/s1. The SMILES string of the molecule is [CH2]COCCOCCOC[C@H](NC(=O)[C@@H]1C[C@@H](O)CN1C(=O)[C@@H](c1cc(C)no1)C(C)C)c1ccc(-c2scnc2C)cc1. The number of thiazole rings is 1. The highest BCUT2D eigenvalue weighted by Crippen LogP contribution is 2.32. The highest BCUT2D eigenvalue weighted by atomic mass is 32.1. The molecule has 1 fully saturated rings. The van der Waals surface area contributed by atoms with E-state index in [0.29, 0.717) is 44.5 Å². The van der Waals surface area contributed by atoms with Crippen LogP contribution in [0.15, 0.2) is 40.4 Å². The lowest BCUT2D eigenvalue weighted by atomic mass is 9.91. The van der Waals surface area contributed by atoms with Crippen LogP contribution in [0.1, 0.15) is 54.9 Å². The van der Waals surface area contributed by atoms with Gasteiger partial charge in [0, 0.05) is 25.6 Å². The molecular weight excluding hydrogens is 584 g/mol. The third-order valence-corrected chi connectivity index (χ3v) is 8.54. The van der Waals surface area contributed by atoms with Crippen LogP contribution < -0.4 is 5.32 Å². The molecule has 4 rings (SSSR count). The summed E-state index contributed by atoms with van der Waals surface area (Å²) >= 11 is 1.57. The first kappa shape index (κ1) is 33.7. The van der Waals surface area contributed by atoms with Crippen LogP contribution in [0, 0.1) is 26.7 Å². The summed E-state index contributed by atoms with van der Waals surface area (Å²) in [6.07, 6.45) is -0.682. The Labute approximate surface area is 262 Å². The number of nitrogens with zero attached hydrogens (tertiary/aromatic N) is 3. The van der Waals surface area contributed by atoms with Gasteiger partial charge < -0.3 is 34.1 Å². The summed E-state index contributed by atoms with van der Waals surface area (Å²) in [5, 5.41) is 17.6. The molecule has 11 nitrogen and oxygen atoms in total. The number of nitrogens with one attached hydrogen (secondary N) is 1. The molecule has 0 spiro atoms. The molecule has 3 heterocycles. The lowest BCUT2D eigenvalue weighted by Gasteiger charge is -2.30. The number of carbonyl (C=O) groups excluding carboxylic acids is 2. The second-order valence-electron chi connectivity index (χ2n) is 11.2. The predicted octanol–water partition coefficient (Wildman–Crippen LogP) is 3.86. The normalized spacial score (nSPS) is 18.1. The second-order valence-corrected chi connectivity index (χ2v) is 12.1. The molecule has 2 amide bonds. The zero-order valence-electron chi connectivity index (χ0n) is 25.9. The summed E-state index contributed by atoms with van der Waals surface area (Å²) in [6, 6.07) is 8.32. The summed E-state index contributed by atoms with van der Waals surface area (Å²) in [5.41, 5.74) is 5.34. The van der Waals surface area contributed by atoms with E-state index in [1.54, 1.807) is 24.3 Å². The number of hydrogen-bond donors (Lipinski definition) is 2. The van der Waals surface area contributed by atoms with Crippen LogP contribution in [0.25, 0.3) is 10.4 Å². The Morgan fingerprint density at radius 3 is 2.45 bits per heavy atom. The molecule has 12 heteroatoms. The molecule has 0 unspecified atom stereocenters. The molecule has 1 radical (unpaired) electrons. The highest BCUT2D eigenvalue weighted by molar-refractivity contribution is 7.13. The number of benzene rings is 1. The first-order chi connectivity index (χ1) is 21.2. The van der Waals surface area contributed by atoms with Gasteiger partial charge in [-0.05, 0) is 37.8 Å². The smallest absolute Gasteiger partial charge is 0.243 e. The molecule has 239 valence electrons. The van der Waals surface area contributed by atoms with Crippen LogP contribution in [0.3, 0.4) is 0 Å². The summed E-state index contributed by atoms with van der Waals surface area (Å²) in [6.45, 7) is 13.5. The van der Waals surface area contributed by atoms with Gasteiger partial charge in [0.25, 0.3) is 0 Å². The molecule has 0 bridgehead atoms. The monoisotopic (exact) mass is 627 g/mol. The lowest BCUT2D eigenvalue weighted by Crippen LogP contribution is -2.49. The molecule has 1 aliphatic heterocycles. The minimum Gasteiger partial charge on any atom is -0.391 e. The predicted molar refractivity (Wildman–Crippen MR) is 166 cm³/mol. The van der Waals surface area contributed by atoms with Gasteiger partial charge in [-0.3, -0.25) is 9.59 Å². The maximum atomic E-state index is 13.8. The molecule has 2 N–H and O–H groups in total. The van der Waals surface area contributed by atoms with Crippen molar-refractivity contribution in [2.75, 3.05) is 46.2 Å². The number of likely N-dealkylation sites (tertiary alicyclic amines) is 1. The van der Waals surface area contributed by atoms with Crippen molar-refractivity contribution in [2.45, 2.75) is 58.2 Å². The number of β-amino-alcohol motifs (C(OH)–C–C–N with tert-alkyl or cyclic N) is 1. The average Bonchev–Trinajstić information content (AvgIpc) is 3.73. The van der Waals surface area contributed by atoms with E-state index in [-0.39, 0.29) is 37.3 Å². The molecule has 0 aliphatic carbocycles. The molecule has 44 heavy (non-hydrogen) atoms. The van der Waals surface area contributed by atoms with Crippen molar-refractivity contribution in [2.24, 2.45) is 5.92 Å². The van der Waals surface area contributed by atoms with Crippen LogP contribution in [-0.4, -0.2) is 90.3 Å². The quantitative estimate of drug-likeness (QED) is 0.227. The van der Waals surface area contributed by atoms with E-state index in [1.807, 2.05) is 50.5 Å². The fourth-order valence-electron chi connectivity index (χ4n) is 5.33. The Hall–Kier alpha value is -3.16. The molecular formula is C32H43N4O7S. The van der Waals surface area contributed by atoms with E-state index in [4.69, 9.17) is 18.7 Å². The number of hydrogen-bond acceptors (Lipinski definition) is 10. The number of carbonyl (C=O) groups is 2. The Morgan fingerprint density at radius 1 is 1.14 bits per heavy atom. The van der Waals surface area contributed by atoms with Gasteiger partial charge >= 0.3 is 0 Å². The molecule has 0 saturated carbocycles. The summed E-state index contributed by atoms with van der Waals surface area (Å²) in [4.78, 5) is 34.5. The van der Waals surface area contributed by atoms with E-state index >= 15 is 0 Å². The van der Waals surface area contributed by atoms with Crippen molar-refractivity contribution >= 4 is 23.2 Å². The van der Waals surface area contributed by atoms with Crippen LogP contribution in [-0.2, 0) is 23.8 Å². The van der Waals surface area contributed by atoms with E-state index < -0.39 is 24.1 Å². The Kier molecular flexibility index (Phi) is 12.4. The first-order valence-corrected chi connectivity index (χ1v) is 15.8. The van der Waals surface area contributed by atoms with Crippen LogP contribution in [0.5, 0.6) is 0 Å². The van der Waals surface area contributed by atoms with Crippen molar-refractivity contribution in [3.05, 3.63) is 65.5 Å². The van der Waals surface area contributed by atoms with Gasteiger partial charge in [-0.25, -0.2) is 4.98 Å². The van der Waals surface area contributed by atoms with Crippen LogP contribution in [0.2, 0.25) is 0 Å². The molecule has 1 aliphatic rings. The zero-order valence-corrected chi connectivity index (χ0v) is 26.7. The van der Waals surface area contributed by atoms with Gasteiger partial charge in [-0.2, -0.15) is 0 Å². The van der Waals surface area contributed by atoms with Crippen molar-refractivity contribution in [1.82, 2.24) is 20.4 Å². The number of rotatable bonds is 16. The molecule has 3 aromatic rings. The van der Waals surface area contributed by atoms with E-state index in [0.717, 1.165) is 21.7 Å². The fraction of sp³-hybridized carbons (Fsp3) is 0.531. The molecule has 2 aromatic heterocycles. The fourth-order valence-corrected chi connectivity index (χ4v) is 6.14. The van der Waals surface area contributed by atoms with Gasteiger partial charge in [0.1, 0.15) is 17.7 Å². The summed E-state index contributed by atoms with van der Waals surface area (Å²) < 4.78 is 22.1. The Morgan fingerprint density at radius 2 is 1.84 bits per heavy atom. The van der Waals surface area contributed by atoms with Crippen molar-refractivity contribution in [3.63, 3.8) is 0 Å². The number of aliphatic hydroxyl groups excluding tert-OH is 1. The summed E-state index contributed by atoms with van der Waals surface area (Å²) in [5.74, 6) is -0.914. The van der Waals surface area contributed by atoms with Gasteiger partial charge in [0.15, 0.2) is 0 Å². The number of aryl methyl sites for hydroxylation is 2. The van der Waals surface area contributed by atoms with Gasteiger partial charge in [-0.1, -0.05) is 43.3 Å². The number of ether oxygens (including phenoxy) is 3. The summed E-state index contributed by atoms with van der Waals surface area (Å²) in [7, 11) is 0. The third kappa shape index (κ3) is 8.72. The first-order valence-electron chi connectivity index (χ1n) is 14.9. The van der Waals surface area contributed by atoms with E-state index in [2.05, 4.69) is 22.4 Å². The van der Waals surface area contributed by atoms with Gasteiger partial charge in [0.05, 0.1) is 67.0 Å². The number of aliphatic hydroxyl groups is 1. The maximum Gasteiger partial charge on any atom is 0.243 e. The van der Waals surface area contributed by atoms with Crippen molar-refractivity contribution in [1.29, 1.82) is 0 Å². The number of aromatic nitrogens is 2. The second kappa shape index (κ2) is 16.2. The maximum absolute atomic E-state index is 13.8. The number of amides is 2. The van der Waals surface area contributed by atoms with Gasteiger partial charge in [0.2, 0.25) is 11.8 Å². The topological polar surface area (TPSA) is 136 Å². The Bertz CT molecular complexity index is 1340. The lowest BCUT2D eigenvalue weighted by molar-refractivity contribution is -0.141. The van der Waals surface area contributed by atoms with E-state index in [9.17, 15) is 14.7 Å².